The summed E-state index contributed by atoms with van der Waals surface area (Å²) in [6.07, 6.45) is 4.40. The number of thioether (sulfide) groups is 1. The third-order valence-corrected chi connectivity index (χ3v) is 4.64. The summed E-state index contributed by atoms with van der Waals surface area (Å²) in [7, 11) is 0. The van der Waals surface area contributed by atoms with Gasteiger partial charge >= 0.3 is 5.97 Å². The van der Waals surface area contributed by atoms with Crippen LogP contribution in [0.4, 0.5) is 8.78 Å². The molecule has 1 unspecified atom stereocenters. The van der Waals surface area contributed by atoms with Gasteiger partial charge in [0, 0.05) is 10.9 Å². The molecule has 0 saturated heterocycles. The number of hydrogen-bond donors (Lipinski definition) is 1. The van der Waals surface area contributed by atoms with Crippen molar-refractivity contribution in [1.82, 2.24) is 5.32 Å². The van der Waals surface area contributed by atoms with Gasteiger partial charge in [-0.1, -0.05) is 31.0 Å². The number of alkyl halides is 2. The Labute approximate surface area is 144 Å². The van der Waals surface area contributed by atoms with Crippen LogP contribution in [0.2, 0.25) is 0 Å². The Bertz CT molecular complexity index is 559. The minimum absolute atomic E-state index is 0.151. The highest BCUT2D eigenvalue weighted by molar-refractivity contribution is 7.99. The van der Waals surface area contributed by atoms with Crippen LogP contribution >= 0.6 is 11.8 Å². The van der Waals surface area contributed by atoms with E-state index in [0.29, 0.717) is 16.7 Å². The second kappa shape index (κ2) is 9.01. The number of benzene rings is 1. The number of carbonyl (C=O) groups is 2. The van der Waals surface area contributed by atoms with Gasteiger partial charge in [-0.15, -0.1) is 0 Å². The highest BCUT2D eigenvalue weighted by Gasteiger charge is 2.22. The maximum Gasteiger partial charge on any atom is 0.338 e. The molecular formula is C17H21F2NO3S. The van der Waals surface area contributed by atoms with E-state index in [0.717, 1.165) is 25.7 Å². The molecule has 1 saturated carbocycles. The van der Waals surface area contributed by atoms with Crippen molar-refractivity contribution in [3.63, 3.8) is 0 Å². The summed E-state index contributed by atoms with van der Waals surface area (Å²) in [5, 5.41) is 2.90. The normalized spacial score (nSPS) is 16.7. The third-order valence-electron chi connectivity index (χ3n) is 3.92. The first kappa shape index (κ1) is 18.7. The SMILES string of the molecule is CC(OC(=O)c1ccc(SC(F)F)cc1)C(=O)NC1CCCCC1. The lowest BCUT2D eigenvalue weighted by Crippen LogP contribution is -2.42. The van der Waals surface area contributed by atoms with Crippen LogP contribution in [-0.2, 0) is 9.53 Å². The van der Waals surface area contributed by atoms with Gasteiger partial charge in [0.1, 0.15) is 0 Å². The van der Waals surface area contributed by atoms with Crippen molar-refractivity contribution >= 4 is 23.6 Å². The molecule has 1 fully saturated rings. The van der Waals surface area contributed by atoms with Crippen LogP contribution < -0.4 is 5.32 Å². The monoisotopic (exact) mass is 357 g/mol. The lowest BCUT2D eigenvalue weighted by molar-refractivity contribution is -0.130. The molecule has 132 valence electrons. The fourth-order valence-corrected chi connectivity index (χ4v) is 3.12. The quantitative estimate of drug-likeness (QED) is 0.618. The summed E-state index contributed by atoms with van der Waals surface area (Å²) in [5.41, 5.74) is 0.228. The van der Waals surface area contributed by atoms with Crippen LogP contribution in [0.3, 0.4) is 0 Å². The summed E-state index contributed by atoms with van der Waals surface area (Å²) in [4.78, 5) is 24.5. The molecule has 0 bridgehead atoms. The number of amides is 1. The van der Waals surface area contributed by atoms with Crippen molar-refractivity contribution < 1.29 is 23.1 Å². The molecule has 24 heavy (non-hydrogen) atoms. The van der Waals surface area contributed by atoms with Gasteiger partial charge < -0.3 is 10.1 Å². The average molecular weight is 357 g/mol. The molecule has 0 aliphatic heterocycles. The molecule has 1 aromatic carbocycles. The van der Waals surface area contributed by atoms with E-state index in [1.54, 1.807) is 0 Å². The van der Waals surface area contributed by atoms with Crippen molar-refractivity contribution in [2.45, 2.75) is 61.8 Å². The zero-order valence-corrected chi connectivity index (χ0v) is 14.3. The van der Waals surface area contributed by atoms with Crippen LogP contribution in [0.15, 0.2) is 29.2 Å². The minimum atomic E-state index is -2.51. The fourth-order valence-electron chi connectivity index (χ4n) is 2.62. The molecule has 2 rings (SSSR count). The van der Waals surface area contributed by atoms with E-state index >= 15 is 0 Å². The zero-order chi connectivity index (χ0) is 17.5. The Morgan fingerprint density at radius 1 is 1.17 bits per heavy atom. The molecule has 4 nitrogen and oxygen atoms in total. The molecule has 1 aliphatic rings. The number of carbonyl (C=O) groups excluding carboxylic acids is 2. The van der Waals surface area contributed by atoms with Crippen molar-refractivity contribution in [2.75, 3.05) is 0 Å². The summed E-state index contributed by atoms with van der Waals surface area (Å²) < 4.78 is 29.7. The fraction of sp³-hybridized carbons (Fsp3) is 0.529. The molecule has 1 N–H and O–H groups in total. The van der Waals surface area contributed by atoms with Crippen molar-refractivity contribution in [1.29, 1.82) is 0 Å². The molecular weight excluding hydrogens is 336 g/mol. The van der Waals surface area contributed by atoms with Crippen LogP contribution in [-0.4, -0.2) is 29.8 Å². The Kier molecular flexibility index (Phi) is 7.02. The largest absolute Gasteiger partial charge is 0.449 e. The highest BCUT2D eigenvalue weighted by atomic mass is 32.2. The number of esters is 1. The highest BCUT2D eigenvalue weighted by Crippen LogP contribution is 2.25. The number of halogens is 2. The van der Waals surface area contributed by atoms with Gasteiger partial charge in [0.15, 0.2) is 6.10 Å². The number of rotatable bonds is 6. The van der Waals surface area contributed by atoms with Gasteiger partial charge in [0.25, 0.3) is 11.7 Å². The molecule has 0 spiro atoms. The molecule has 0 radical (unpaired) electrons. The van der Waals surface area contributed by atoms with Gasteiger partial charge in [-0.3, -0.25) is 4.79 Å². The standard InChI is InChI=1S/C17H21F2NO3S/c1-11(15(21)20-13-5-3-2-4-6-13)23-16(22)12-7-9-14(10-8-12)24-17(18)19/h7-11,13,17H,2-6H2,1H3,(H,20,21). The van der Waals surface area contributed by atoms with Gasteiger partial charge in [-0.25, -0.2) is 4.79 Å². The second-order valence-corrected chi connectivity index (χ2v) is 6.86. The molecule has 1 aromatic rings. The van der Waals surface area contributed by atoms with E-state index in [1.165, 1.54) is 37.6 Å². The minimum Gasteiger partial charge on any atom is -0.449 e. The Morgan fingerprint density at radius 3 is 2.38 bits per heavy atom. The predicted octanol–water partition coefficient (Wildman–Crippen LogP) is 4.00. The predicted molar refractivity (Wildman–Crippen MR) is 88.2 cm³/mol. The van der Waals surface area contributed by atoms with Crippen LogP contribution in [0.5, 0.6) is 0 Å². The van der Waals surface area contributed by atoms with Crippen LogP contribution in [0, 0.1) is 0 Å². The second-order valence-electron chi connectivity index (χ2n) is 5.79. The molecule has 1 amide bonds. The summed E-state index contributed by atoms with van der Waals surface area (Å²) >= 11 is 0.407. The van der Waals surface area contributed by atoms with E-state index in [2.05, 4.69) is 5.32 Å². The lowest BCUT2D eigenvalue weighted by atomic mass is 9.95. The van der Waals surface area contributed by atoms with Crippen LogP contribution in [0.25, 0.3) is 0 Å². The first-order chi connectivity index (χ1) is 11.5. The van der Waals surface area contributed by atoms with Gasteiger partial charge in [-0.05, 0) is 44.0 Å². The summed E-state index contributed by atoms with van der Waals surface area (Å²) in [6, 6.07) is 5.84. The number of ether oxygens (including phenoxy) is 1. The Hall–Kier alpha value is -1.63. The molecule has 7 heteroatoms. The first-order valence-corrected chi connectivity index (χ1v) is 8.90. The average Bonchev–Trinajstić information content (AvgIpc) is 2.55. The van der Waals surface area contributed by atoms with E-state index in [1.807, 2.05) is 0 Å². The molecule has 0 heterocycles. The maximum absolute atomic E-state index is 12.3. The van der Waals surface area contributed by atoms with Gasteiger partial charge in [-0.2, -0.15) is 8.78 Å². The topological polar surface area (TPSA) is 55.4 Å². The zero-order valence-electron chi connectivity index (χ0n) is 13.5. The summed E-state index contributed by atoms with van der Waals surface area (Å²) in [6.45, 7) is 1.52. The van der Waals surface area contributed by atoms with Gasteiger partial charge in [0.05, 0.1) is 5.56 Å². The van der Waals surface area contributed by atoms with E-state index in [-0.39, 0.29) is 17.5 Å². The van der Waals surface area contributed by atoms with Gasteiger partial charge in [0.2, 0.25) is 0 Å². The van der Waals surface area contributed by atoms with Crippen molar-refractivity contribution in [3.8, 4) is 0 Å². The Morgan fingerprint density at radius 2 is 1.79 bits per heavy atom. The third kappa shape index (κ3) is 5.78. The first-order valence-electron chi connectivity index (χ1n) is 8.02. The molecule has 1 atom stereocenters. The summed E-state index contributed by atoms with van der Waals surface area (Å²) in [5.74, 6) is -3.46. The van der Waals surface area contributed by atoms with E-state index in [9.17, 15) is 18.4 Å². The lowest BCUT2D eigenvalue weighted by Gasteiger charge is -2.24. The number of hydrogen-bond acceptors (Lipinski definition) is 4. The van der Waals surface area contributed by atoms with E-state index < -0.39 is 17.8 Å². The van der Waals surface area contributed by atoms with Crippen molar-refractivity contribution in [3.05, 3.63) is 29.8 Å². The van der Waals surface area contributed by atoms with E-state index in [4.69, 9.17) is 4.74 Å². The maximum atomic E-state index is 12.3. The smallest absolute Gasteiger partial charge is 0.338 e. The molecule has 0 aromatic heterocycles. The number of nitrogens with one attached hydrogen (secondary N) is 1. The molecule has 1 aliphatic carbocycles. The Balaban J connectivity index is 1.84. The van der Waals surface area contributed by atoms with Crippen LogP contribution in [0.1, 0.15) is 49.4 Å². The van der Waals surface area contributed by atoms with Crippen molar-refractivity contribution in [2.24, 2.45) is 0 Å².